The average Bonchev–Trinajstić information content (AvgIpc) is 2.73. The number of aromatic nitrogens is 2. The minimum Gasteiger partial charge on any atom is -0.351 e. The molecule has 2 heterocycles. The number of benzene rings is 2. The van der Waals surface area contributed by atoms with E-state index in [1.165, 1.54) is 35.7 Å². The molecule has 1 amide bonds. The molecule has 1 aromatic heterocycles. The van der Waals surface area contributed by atoms with Crippen LogP contribution in [0.2, 0.25) is 0 Å². The second-order valence-electron chi connectivity index (χ2n) is 6.73. The Morgan fingerprint density at radius 2 is 1.69 bits per heavy atom. The van der Waals surface area contributed by atoms with E-state index in [2.05, 4.69) is 32.3 Å². The number of amides is 1. The number of carbonyl (C=O) groups is 1. The third-order valence-corrected chi connectivity index (χ3v) is 4.80. The van der Waals surface area contributed by atoms with Gasteiger partial charge in [-0.3, -0.25) is 4.79 Å². The molecule has 0 bridgehead atoms. The fourth-order valence-corrected chi connectivity index (χ4v) is 3.23. The van der Waals surface area contributed by atoms with Crippen LogP contribution in [0, 0.1) is 0 Å². The smallest absolute Gasteiger partial charge is 0.351 e. The summed E-state index contributed by atoms with van der Waals surface area (Å²) >= 11 is 0. The Bertz CT molecular complexity index is 1020. The highest BCUT2D eigenvalue weighted by molar-refractivity contribution is 6.02. The van der Waals surface area contributed by atoms with E-state index >= 15 is 0 Å². The summed E-state index contributed by atoms with van der Waals surface area (Å²) in [7, 11) is 0. The van der Waals surface area contributed by atoms with Gasteiger partial charge in [-0.25, -0.2) is 9.97 Å². The molecule has 0 aliphatic carbocycles. The molecule has 4 rings (SSSR count). The lowest BCUT2D eigenvalue weighted by atomic mass is 10.0. The van der Waals surface area contributed by atoms with Gasteiger partial charge in [0.15, 0.2) is 0 Å². The quantitative estimate of drug-likeness (QED) is 0.714. The first-order chi connectivity index (χ1) is 13.9. The molecule has 0 saturated heterocycles. The van der Waals surface area contributed by atoms with Crippen LogP contribution in [0.15, 0.2) is 60.9 Å². The number of halogens is 3. The highest BCUT2D eigenvalue weighted by Crippen LogP contribution is 2.30. The van der Waals surface area contributed by atoms with Crippen LogP contribution < -0.4 is 10.2 Å². The van der Waals surface area contributed by atoms with Crippen LogP contribution >= 0.6 is 0 Å². The lowest BCUT2D eigenvalue weighted by Gasteiger charge is -2.29. The molecule has 1 aliphatic rings. The van der Waals surface area contributed by atoms with Crippen LogP contribution in [-0.4, -0.2) is 22.4 Å². The van der Waals surface area contributed by atoms with Gasteiger partial charge in [-0.1, -0.05) is 24.3 Å². The maximum atomic E-state index is 12.6. The van der Waals surface area contributed by atoms with Gasteiger partial charge in [0.25, 0.3) is 5.91 Å². The lowest BCUT2D eigenvalue weighted by Crippen LogP contribution is -2.31. The SMILES string of the molecule is O=C(Nc1ccc(C(F)(F)F)cc1)c1cnc(N2CCc3ccccc3C2)cn1. The molecule has 0 saturated carbocycles. The summed E-state index contributed by atoms with van der Waals surface area (Å²) in [5.41, 5.74) is 2.13. The summed E-state index contributed by atoms with van der Waals surface area (Å²) in [5, 5.41) is 2.53. The third-order valence-electron chi connectivity index (χ3n) is 4.80. The van der Waals surface area contributed by atoms with Crippen molar-refractivity contribution in [2.75, 3.05) is 16.8 Å². The van der Waals surface area contributed by atoms with Gasteiger partial charge in [0.1, 0.15) is 11.5 Å². The standard InChI is InChI=1S/C21H17F3N4O/c22-21(23,24)16-5-7-17(8-6-16)27-20(29)18-11-26-19(12-25-18)28-10-9-14-3-1-2-4-15(14)13-28/h1-8,11-12H,9-10,13H2,(H,27,29). The van der Waals surface area contributed by atoms with E-state index in [1.807, 2.05) is 12.1 Å². The molecule has 2 aromatic carbocycles. The number of nitrogens with one attached hydrogen (secondary N) is 1. The number of anilines is 2. The fraction of sp³-hybridized carbons (Fsp3) is 0.190. The predicted molar refractivity (Wildman–Crippen MR) is 103 cm³/mol. The Morgan fingerprint density at radius 3 is 2.34 bits per heavy atom. The van der Waals surface area contributed by atoms with Crippen molar-refractivity contribution in [3.63, 3.8) is 0 Å². The second kappa shape index (κ2) is 7.54. The normalized spacial score (nSPS) is 13.7. The number of alkyl halides is 3. The summed E-state index contributed by atoms with van der Waals surface area (Å²) in [6, 6.07) is 12.5. The molecular weight excluding hydrogens is 381 g/mol. The van der Waals surface area contributed by atoms with E-state index in [4.69, 9.17) is 0 Å². The van der Waals surface area contributed by atoms with Crippen molar-refractivity contribution in [2.45, 2.75) is 19.1 Å². The van der Waals surface area contributed by atoms with Crippen LogP contribution in [0.4, 0.5) is 24.7 Å². The topological polar surface area (TPSA) is 58.1 Å². The van der Waals surface area contributed by atoms with E-state index in [9.17, 15) is 18.0 Å². The largest absolute Gasteiger partial charge is 0.416 e. The Labute approximate surface area is 165 Å². The van der Waals surface area contributed by atoms with Crippen LogP contribution in [0.25, 0.3) is 0 Å². The number of rotatable bonds is 3. The van der Waals surface area contributed by atoms with Crippen LogP contribution in [-0.2, 0) is 19.1 Å². The predicted octanol–water partition coefficient (Wildman–Crippen LogP) is 4.31. The number of carbonyl (C=O) groups excluding carboxylic acids is 1. The van der Waals surface area contributed by atoms with Gasteiger partial charge < -0.3 is 10.2 Å². The first-order valence-electron chi connectivity index (χ1n) is 9.02. The number of hydrogen-bond donors (Lipinski definition) is 1. The van der Waals surface area contributed by atoms with Crippen molar-refractivity contribution >= 4 is 17.4 Å². The van der Waals surface area contributed by atoms with E-state index in [1.54, 1.807) is 0 Å². The zero-order chi connectivity index (χ0) is 20.4. The first kappa shape index (κ1) is 18.9. The molecule has 8 heteroatoms. The minimum atomic E-state index is -4.42. The van der Waals surface area contributed by atoms with E-state index < -0.39 is 17.6 Å². The zero-order valence-corrected chi connectivity index (χ0v) is 15.3. The minimum absolute atomic E-state index is 0.0889. The highest BCUT2D eigenvalue weighted by atomic mass is 19.4. The zero-order valence-electron chi connectivity index (χ0n) is 15.3. The van der Waals surface area contributed by atoms with Crippen LogP contribution in [0.1, 0.15) is 27.2 Å². The number of hydrogen-bond acceptors (Lipinski definition) is 4. The van der Waals surface area contributed by atoms with E-state index in [-0.39, 0.29) is 11.4 Å². The molecule has 1 aliphatic heterocycles. The van der Waals surface area contributed by atoms with E-state index in [0.717, 1.165) is 31.6 Å². The lowest BCUT2D eigenvalue weighted by molar-refractivity contribution is -0.137. The Balaban J connectivity index is 1.42. The molecule has 0 fully saturated rings. The molecule has 29 heavy (non-hydrogen) atoms. The highest BCUT2D eigenvalue weighted by Gasteiger charge is 2.30. The van der Waals surface area contributed by atoms with Gasteiger partial charge in [-0.2, -0.15) is 13.2 Å². The summed E-state index contributed by atoms with van der Waals surface area (Å²) in [5.74, 6) is 0.137. The van der Waals surface area contributed by atoms with Gasteiger partial charge in [0.05, 0.1) is 18.0 Å². The molecule has 0 atom stereocenters. The summed E-state index contributed by atoms with van der Waals surface area (Å²) in [6.45, 7) is 1.53. The maximum absolute atomic E-state index is 12.6. The van der Waals surface area contributed by atoms with Gasteiger partial charge in [-0.05, 0) is 41.8 Å². The van der Waals surface area contributed by atoms with Gasteiger partial charge in [0, 0.05) is 18.8 Å². The first-order valence-corrected chi connectivity index (χ1v) is 9.02. The van der Waals surface area contributed by atoms with Crippen molar-refractivity contribution in [1.29, 1.82) is 0 Å². The fourth-order valence-electron chi connectivity index (χ4n) is 3.23. The second-order valence-corrected chi connectivity index (χ2v) is 6.73. The van der Waals surface area contributed by atoms with Crippen molar-refractivity contribution in [2.24, 2.45) is 0 Å². The van der Waals surface area contributed by atoms with Crippen LogP contribution in [0.3, 0.4) is 0 Å². The maximum Gasteiger partial charge on any atom is 0.416 e. The number of nitrogens with zero attached hydrogens (tertiary/aromatic N) is 3. The Hall–Kier alpha value is -3.42. The Kier molecular flexibility index (Phi) is 4.92. The molecule has 0 radical (unpaired) electrons. The van der Waals surface area contributed by atoms with Gasteiger partial charge in [0.2, 0.25) is 0 Å². The molecule has 5 nitrogen and oxygen atoms in total. The molecular formula is C21H17F3N4O. The molecule has 0 unspecified atom stereocenters. The monoisotopic (exact) mass is 398 g/mol. The van der Waals surface area contributed by atoms with Gasteiger partial charge >= 0.3 is 6.18 Å². The van der Waals surface area contributed by atoms with Crippen molar-refractivity contribution in [3.05, 3.63) is 83.3 Å². The Morgan fingerprint density at radius 1 is 0.966 bits per heavy atom. The summed E-state index contributed by atoms with van der Waals surface area (Å²) < 4.78 is 37.8. The molecule has 148 valence electrons. The number of fused-ring (bicyclic) bond motifs is 1. The third kappa shape index (κ3) is 4.21. The van der Waals surface area contributed by atoms with Crippen LogP contribution in [0.5, 0.6) is 0 Å². The summed E-state index contributed by atoms with van der Waals surface area (Å²) in [6.07, 6.45) is -0.600. The molecule has 3 aromatic rings. The molecule has 0 spiro atoms. The van der Waals surface area contributed by atoms with Crippen molar-refractivity contribution in [1.82, 2.24) is 9.97 Å². The van der Waals surface area contributed by atoms with Gasteiger partial charge in [-0.15, -0.1) is 0 Å². The van der Waals surface area contributed by atoms with Crippen molar-refractivity contribution < 1.29 is 18.0 Å². The van der Waals surface area contributed by atoms with Crippen molar-refractivity contribution in [3.8, 4) is 0 Å². The average molecular weight is 398 g/mol. The summed E-state index contributed by atoms with van der Waals surface area (Å²) in [4.78, 5) is 22.9. The van der Waals surface area contributed by atoms with E-state index in [0.29, 0.717) is 5.82 Å². The molecule has 1 N–H and O–H groups in total.